The monoisotopic (exact) mass is 237 g/mol. The lowest BCUT2D eigenvalue weighted by Crippen LogP contribution is -2.05. The molecule has 0 bridgehead atoms. The van der Waals surface area contributed by atoms with Crippen LogP contribution >= 0.6 is 0 Å². The lowest BCUT2D eigenvalue weighted by Gasteiger charge is -2.08. The zero-order chi connectivity index (χ0) is 12.3. The Labute approximate surface area is 96.9 Å². The van der Waals surface area contributed by atoms with Crippen LogP contribution in [-0.2, 0) is 12.6 Å². The Morgan fingerprint density at radius 3 is 2.41 bits per heavy atom. The van der Waals surface area contributed by atoms with Gasteiger partial charge in [0.15, 0.2) is 0 Å². The van der Waals surface area contributed by atoms with Crippen LogP contribution in [0.1, 0.15) is 16.7 Å². The van der Waals surface area contributed by atoms with Crippen LogP contribution in [0, 0.1) is 0 Å². The van der Waals surface area contributed by atoms with Gasteiger partial charge < -0.3 is 0 Å². The van der Waals surface area contributed by atoms with E-state index in [4.69, 9.17) is 0 Å². The molecule has 0 aliphatic rings. The number of nitrogens with zero attached hydrogens (tertiary/aromatic N) is 1. The molecule has 1 aromatic heterocycles. The quantitative estimate of drug-likeness (QED) is 0.776. The van der Waals surface area contributed by atoms with Crippen molar-refractivity contribution in [1.29, 1.82) is 0 Å². The summed E-state index contributed by atoms with van der Waals surface area (Å²) >= 11 is 0. The molecule has 0 saturated heterocycles. The standard InChI is InChI=1S/C13H10F3N/c14-13(15,16)12-5-1-3-10(8-12)7-11-4-2-6-17-9-11/h1-6,8-9H,7H2. The van der Waals surface area contributed by atoms with Crippen LogP contribution in [0.3, 0.4) is 0 Å². The summed E-state index contributed by atoms with van der Waals surface area (Å²) in [5, 5.41) is 0. The minimum absolute atomic E-state index is 0.456. The third kappa shape index (κ3) is 3.06. The van der Waals surface area contributed by atoms with E-state index in [1.807, 2.05) is 6.07 Å². The van der Waals surface area contributed by atoms with Crippen LogP contribution in [0.4, 0.5) is 13.2 Å². The lowest BCUT2D eigenvalue weighted by molar-refractivity contribution is -0.137. The van der Waals surface area contributed by atoms with E-state index in [1.165, 1.54) is 12.1 Å². The molecule has 2 aromatic rings. The number of halogens is 3. The number of hydrogen-bond acceptors (Lipinski definition) is 1. The molecule has 0 amide bonds. The average molecular weight is 237 g/mol. The minimum atomic E-state index is -4.29. The summed E-state index contributed by atoms with van der Waals surface area (Å²) in [5.41, 5.74) is 0.915. The van der Waals surface area contributed by atoms with Crippen LogP contribution in [0.25, 0.3) is 0 Å². The highest BCUT2D eigenvalue weighted by Crippen LogP contribution is 2.29. The number of alkyl halides is 3. The summed E-state index contributed by atoms with van der Waals surface area (Å²) in [5.74, 6) is 0. The molecular formula is C13H10F3N. The van der Waals surface area contributed by atoms with E-state index in [9.17, 15) is 13.2 Å². The maximum absolute atomic E-state index is 12.5. The number of pyridine rings is 1. The Morgan fingerprint density at radius 2 is 1.76 bits per heavy atom. The predicted molar refractivity (Wildman–Crippen MR) is 58.5 cm³/mol. The van der Waals surface area contributed by atoms with Crippen molar-refractivity contribution in [3.63, 3.8) is 0 Å². The summed E-state index contributed by atoms with van der Waals surface area (Å²) in [6, 6.07) is 8.96. The highest BCUT2D eigenvalue weighted by atomic mass is 19.4. The van der Waals surface area contributed by atoms with E-state index < -0.39 is 11.7 Å². The van der Waals surface area contributed by atoms with Crippen LogP contribution in [0.5, 0.6) is 0 Å². The van der Waals surface area contributed by atoms with Gasteiger partial charge in [0.2, 0.25) is 0 Å². The van der Waals surface area contributed by atoms with Crippen molar-refractivity contribution in [3.05, 3.63) is 65.5 Å². The Morgan fingerprint density at radius 1 is 1.00 bits per heavy atom. The van der Waals surface area contributed by atoms with Gasteiger partial charge in [0.1, 0.15) is 0 Å². The molecule has 88 valence electrons. The number of aromatic nitrogens is 1. The van der Waals surface area contributed by atoms with Crippen molar-refractivity contribution in [2.24, 2.45) is 0 Å². The summed E-state index contributed by atoms with van der Waals surface area (Å²) in [6.45, 7) is 0. The topological polar surface area (TPSA) is 12.9 Å². The first-order chi connectivity index (χ1) is 8.05. The normalized spacial score (nSPS) is 11.5. The van der Waals surface area contributed by atoms with Gasteiger partial charge in [-0.15, -0.1) is 0 Å². The van der Waals surface area contributed by atoms with Gasteiger partial charge in [-0.05, 0) is 29.7 Å². The molecule has 0 radical (unpaired) electrons. The van der Waals surface area contributed by atoms with Gasteiger partial charge >= 0.3 is 6.18 Å². The molecule has 0 spiro atoms. The maximum atomic E-state index is 12.5. The molecule has 0 unspecified atom stereocenters. The Kier molecular flexibility index (Phi) is 3.13. The molecule has 2 rings (SSSR count). The summed E-state index contributed by atoms with van der Waals surface area (Å²) < 4.78 is 37.5. The van der Waals surface area contributed by atoms with Crippen LogP contribution in [0.15, 0.2) is 48.8 Å². The summed E-state index contributed by atoms with van der Waals surface area (Å²) in [4.78, 5) is 3.93. The zero-order valence-electron chi connectivity index (χ0n) is 8.91. The van der Waals surface area contributed by atoms with Gasteiger partial charge in [-0.3, -0.25) is 4.98 Å². The number of rotatable bonds is 2. The van der Waals surface area contributed by atoms with Gasteiger partial charge in [-0.25, -0.2) is 0 Å². The highest BCUT2D eigenvalue weighted by molar-refractivity contribution is 5.29. The first kappa shape index (κ1) is 11.6. The van der Waals surface area contributed by atoms with Gasteiger partial charge in [0.25, 0.3) is 0 Å². The molecular weight excluding hydrogens is 227 g/mol. The fraction of sp³-hybridized carbons (Fsp3) is 0.154. The van der Waals surface area contributed by atoms with Crippen molar-refractivity contribution in [2.45, 2.75) is 12.6 Å². The predicted octanol–water partition coefficient (Wildman–Crippen LogP) is 3.69. The largest absolute Gasteiger partial charge is 0.416 e. The molecule has 0 fully saturated rings. The van der Waals surface area contributed by atoms with Crippen molar-refractivity contribution < 1.29 is 13.2 Å². The first-order valence-corrected chi connectivity index (χ1v) is 5.11. The molecule has 4 heteroatoms. The second-order valence-electron chi connectivity index (χ2n) is 3.74. The van der Waals surface area contributed by atoms with Gasteiger partial charge in [0.05, 0.1) is 5.56 Å². The molecule has 17 heavy (non-hydrogen) atoms. The maximum Gasteiger partial charge on any atom is 0.416 e. The van der Waals surface area contributed by atoms with Crippen molar-refractivity contribution in [2.75, 3.05) is 0 Å². The van der Waals surface area contributed by atoms with E-state index in [2.05, 4.69) is 4.98 Å². The summed E-state index contributed by atoms with van der Waals surface area (Å²) in [7, 11) is 0. The van der Waals surface area contributed by atoms with Crippen molar-refractivity contribution >= 4 is 0 Å². The van der Waals surface area contributed by atoms with Gasteiger partial charge in [-0.2, -0.15) is 13.2 Å². The first-order valence-electron chi connectivity index (χ1n) is 5.11. The second-order valence-corrected chi connectivity index (χ2v) is 3.74. The molecule has 0 N–H and O–H groups in total. The fourth-order valence-electron chi connectivity index (χ4n) is 1.60. The average Bonchev–Trinajstić information content (AvgIpc) is 2.29. The van der Waals surface area contributed by atoms with Crippen LogP contribution < -0.4 is 0 Å². The molecule has 0 atom stereocenters. The Hall–Kier alpha value is -1.84. The highest BCUT2D eigenvalue weighted by Gasteiger charge is 2.30. The van der Waals surface area contributed by atoms with Crippen LogP contribution in [0.2, 0.25) is 0 Å². The molecule has 1 heterocycles. The second kappa shape index (κ2) is 4.57. The number of hydrogen-bond donors (Lipinski definition) is 0. The third-order valence-electron chi connectivity index (χ3n) is 2.39. The van der Waals surface area contributed by atoms with Crippen molar-refractivity contribution in [1.82, 2.24) is 4.98 Å². The van der Waals surface area contributed by atoms with E-state index >= 15 is 0 Å². The number of benzene rings is 1. The molecule has 0 aliphatic carbocycles. The zero-order valence-corrected chi connectivity index (χ0v) is 8.91. The third-order valence-corrected chi connectivity index (χ3v) is 2.39. The van der Waals surface area contributed by atoms with Crippen molar-refractivity contribution in [3.8, 4) is 0 Å². The van der Waals surface area contributed by atoms with E-state index in [1.54, 1.807) is 24.5 Å². The SMILES string of the molecule is FC(F)(F)c1cccc(Cc2cccnc2)c1. The minimum Gasteiger partial charge on any atom is -0.264 e. The van der Waals surface area contributed by atoms with Gasteiger partial charge in [0, 0.05) is 12.4 Å². The summed E-state index contributed by atoms with van der Waals surface area (Å²) in [6.07, 6.45) is -0.543. The fourth-order valence-corrected chi connectivity index (χ4v) is 1.60. The molecule has 0 aliphatic heterocycles. The van der Waals surface area contributed by atoms with E-state index in [0.717, 1.165) is 11.6 Å². The smallest absolute Gasteiger partial charge is 0.264 e. The van der Waals surface area contributed by atoms with Crippen LogP contribution in [-0.4, -0.2) is 4.98 Å². The van der Waals surface area contributed by atoms with E-state index in [-0.39, 0.29) is 0 Å². The molecule has 0 saturated carbocycles. The lowest BCUT2D eigenvalue weighted by atomic mass is 10.0. The molecule has 1 aromatic carbocycles. The van der Waals surface area contributed by atoms with E-state index in [0.29, 0.717) is 12.0 Å². The Balaban J connectivity index is 2.23. The molecule has 1 nitrogen and oxygen atoms in total. The Bertz CT molecular complexity index is 492. The van der Waals surface area contributed by atoms with Gasteiger partial charge in [-0.1, -0.05) is 24.3 Å².